The van der Waals surface area contributed by atoms with Gasteiger partial charge < -0.3 is 0 Å². The van der Waals surface area contributed by atoms with Crippen LogP contribution in [0, 0.1) is 5.92 Å². The second-order valence-electron chi connectivity index (χ2n) is 5.54. The van der Waals surface area contributed by atoms with Gasteiger partial charge >= 0.3 is 0 Å². The second-order valence-corrected chi connectivity index (χ2v) is 8.31. The fourth-order valence-electron chi connectivity index (χ4n) is 2.48. The Labute approximate surface area is 143 Å². The lowest BCUT2D eigenvalue weighted by molar-refractivity contribution is -0.110. The molecule has 1 saturated carbocycles. The van der Waals surface area contributed by atoms with Gasteiger partial charge in [0.2, 0.25) is 5.92 Å². The maximum atomic E-state index is 13.0. The van der Waals surface area contributed by atoms with Crippen LogP contribution in [0.3, 0.4) is 0 Å². The first-order chi connectivity index (χ1) is 10.6. The van der Waals surface area contributed by atoms with E-state index >= 15 is 0 Å². The average molecular weight is 387 g/mol. The predicted octanol–water partition coefficient (Wildman–Crippen LogP) is 2.96. The molecule has 1 aliphatic rings. The Morgan fingerprint density at radius 2 is 2.04 bits per heavy atom. The first-order valence-corrected chi connectivity index (χ1v) is 10.3. The van der Waals surface area contributed by atoms with E-state index in [-0.39, 0.29) is 36.9 Å². The van der Waals surface area contributed by atoms with Gasteiger partial charge in [0.15, 0.2) is 5.16 Å². The lowest BCUT2D eigenvalue weighted by Crippen LogP contribution is -2.36. The quantitative estimate of drug-likeness (QED) is 0.310. The zero-order chi connectivity index (χ0) is 17.3. The van der Waals surface area contributed by atoms with Crippen molar-refractivity contribution < 1.29 is 21.4 Å². The Bertz CT molecular complexity index is 678. The summed E-state index contributed by atoms with van der Waals surface area (Å²) >= 11 is 7.45. The number of hydrogen-bond acceptors (Lipinski definition) is 6. The molecule has 0 N–H and O–H groups in total. The Balaban J connectivity index is 2.14. The molecule has 1 fully saturated rings. The summed E-state index contributed by atoms with van der Waals surface area (Å²) in [6.07, 6.45) is 3.00. The zero-order valence-electron chi connectivity index (χ0n) is 12.7. The summed E-state index contributed by atoms with van der Waals surface area (Å²) in [5, 5.41) is 0.673. The number of hydrogen-bond donors (Lipinski definition) is 0. The molecule has 1 aromatic rings. The highest BCUT2D eigenvalue weighted by Crippen LogP contribution is 2.44. The zero-order valence-corrected chi connectivity index (χ0v) is 15.1. The molecular formula is C13H17ClF2N2O3S2. The van der Waals surface area contributed by atoms with Crippen molar-refractivity contribution in [3.8, 4) is 0 Å². The Kier molecular flexibility index (Phi) is 5.86. The summed E-state index contributed by atoms with van der Waals surface area (Å²) in [6.45, 7) is -0.0889. The van der Waals surface area contributed by atoms with E-state index < -0.39 is 16.0 Å². The van der Waals surface area contributed by atoms with Crippen molar-refractivity contribution >= 4 is 33.5 Å². The molecule has 2 rings (SSSR count). The van der Waals surface area contributed by atoms with Crippen molar-refractivity contribution in [3.63, 3.8) is 0 Å². The van der Waals surface area contributed by atoms with Gasteiger partial charge in [0.05, 0.1) is 18.6 Å². The normalized spacial score (nSPS) is 18.0. The van der Waals surface area contributed by atoms with Crippen molar-refractivity contribution in [2.45, 2.75) is 36.8 Å². The average Bonchev–Trinajstić information content (AvgIpc) is 2.38. The molecule has 10 heteroatoms. The molecule has 0 spiro atoms. The topological polar surface area (TPSA) is 69.2 Å². The summed E-state index contributed by atoms with van der Waals surface area (Å²) in [5.41, 5.74) is 1.15. The van der Waals surface area contributed by atoms with Crippen molar-refractivity contribution in [1.29, 1.82) is 0 Å². The molecule has 5 nitrogen and oxygen atoms in total. The highest BCUT2D eigenvalue weighted by atomic mass is 35.5. The Morgan fingerprint density at radius 1 is 1.39 bits per heavy atom. The number of halogens is 3. The minimum absolute atomic E-state index is 0.0889. The number of alkyl halides is 2. The van der Waals surface area contributed by atoms with Gasteiger partial charge in [-0.2, -0.15) is 8.42 Å². The largest absolute Gasteiger partial charge is 0.270 e. The van der Waals surface area contributed by atoms with Gasteiger partial charge in [0.1, 0.15) is 5.15 Å². The second kappa shape index (κ2) is 7.16. The van der Waals surface area contributed by atoms with Crippen LogP contribution >= 0.6 is 23.4 Å². The summed E-state index contributed by atoms with van der Waals surface area (Å²) in [5.74, 6) is -2.75. The van der Waals surface area contributed by atoms with Crippen LogP contribution in [0.2, 0.25) is 5.15 Å². The molecule has 1 aliphatic carbocycles. The van der Waals surface area contributed by atoms with Crippen molar-refractivity contribution in [3.05, 3.63) is 16.4 Å². The Hall–Kier alpha value is -0.510. The maximum Gasteiger partial charge on any atom is 0.264 e. The van der Waals surface area contributed by atoms with E-state index in [1.54, 1.807) is 6.26 Å². The van der Waals surface area contributed by atoms with Crippen molar-refractivity contribution in [1.82, 2.24) is 9.97 Å². The molecule has 130 valence electrons. The third-order valence-corrected chi connectivity index (χ3v) is 4.97. The van der Waals surface area contributed by atoms with E-state index in [0.717, 1.165) is 6.26 Å². The lowest BCUT2D eigenvalue weighted by atomic mass is 9.78. The molecule has 0 radical (unpaired) electrons. The first kappa shape index (κ1) is 18.8. The number of nitrogens with zero attached hydrogens (tertiary/aromatic N) is 2. The highest BCUT2D eigenvalue weighted by molar-refractivity contribution is 7.98. The van der Waals surface area contributed by atoms with Crippen LogP contribution < -0.4 is 0 Å². The van der Waals surface area contributed by atoms with E-state index in [0.29, 0.717) is 22.8 Å². The molecule has 1 aromatic heterocycles. The Morgan fingerprint density at radius 3 is 2.57 bits per heavy atom. The van der Waals surface area contributed by atoms with Crippen LogP contribution in [0.25, 0.3) is 0 Å². The number of rotatable bonds is 7. The molecule has 0 aromatic carbocycles. The summed E-state index contributed by atoms with van der Waals surface area (Å²) in [7, 11) is -3.55. The van der Waals surface area contributed by atoms with Crippen LogP contribution in [0.1, 0.15) is 24.1 Å². The standard InChI is InChI=1S/C13H17ClF2N2O3S2/c1-22-12-17-10(5-8-6-13(15,16)7-8)9(11(14)18-12)3-4-21-23(2,19)20/h8H,3-7H2,1-2H3. The van der Waals surface area contributed by atoms with Crippen LogP contribution in [0.5, 0.6) is 0 Å². The van der Waals surface area contributed by atoms with Gasteiger partial charge in [-0.15, -0.1) is 0 Å². The van der Waals surface area contributed by atoms with E-state index in [9.17, 15) is 17.2 Å². The monoisotopic (exact) mass is 386 g/mol. The highest BCUT2D eigenvalue weighted by Gasteiger charge is 2.45. The molecule has 0 unspecified atom stereocenters. The van der Waals surface area contributed by atoms with Crippen molar-refractivity contribution in [2.24, 2.45) is 5.92 Å². The predicted molar refractivity (Wildman–Crippen MR) is 84.7 cm³/mol. The van der Waals surface area contributed by atoms with E-state index in [2.05, 4.69) is 9.97 Å². The minimum atomic E-state index is -3.55. The van der Waals surface area contributed by atoms with Crippen LogP contribution in [0.15, 0.2) is 5.16 Å². The van der Waals surface area contributed by atoms with Crippen LogP contribution in [-0.4, -0.2) is 43.4 Å². The molecule has 0 aliphatic heterocycles. The lowest BCUT2D eigenvalue weighted by Gasteiger charge is -2.35. The van der Waals surface area contributed by atoms with Gasteiger partial charge in [-0.3, -0.25) is 4.18 Å². The van der Waals surface area contributed by atoms with E-state index in [1.807, 2.05) is 0 Å². The molecule has 0 saturated heterocycles. The summed E-state index contributed by atoms with van der Waals surface area (Å²) < 4.78 is 52.8. The van der Waals surface area contributed by atoms with Crippen LogP contribution in [-0.2, 0) is 27.1 Å². The van der Waals surface area contributed by atoms with Crippen LogP contribution in [0.4, 0.5) is 8.78 Å². The molecule has 23 heavy (non-hydrogen) atoms. The van der Waals surface area contributed by atoms with Gasteiger partial charge in [-0.05, 0) is 18.6 Å². The fraction of sp³-hybridized carbons (Fsp3) is 0.692. The van der Waals surface area contributed by atoms with Gasteiger partial charge in [0, 0.05) is 24.8 Å². The number of thioether (sulfide) groups is 1. The molecule has 0 amide bonds. The molecule has 1 heterocycles. The third-order valence-electron chi connectivity index (χ3n) is 3.51. The summed E-state index contributed by atoms with van der Waals surface area (Å²) in [4.78, 5) is 8.47. The van der Waals surface area contributed by atoms with Gasteiger partial charge in [-0.1, -0.05) is 23.4 Å². The SMILES string of the molecule is CSc1nc(Cl)c(CCOS(C)(=O)=O)c(CC2CC(F)(F)C2)n1. The molecule has 0 bridgehead atoms. The molecular weight excluding hydrogens is 370 g/mol. The van der Waals surface area contributed by atoms with E-state index in [1.165, 1.54) is 11.8 Å². The summed E-state index contributed by atoms with van der Waals surface area (Å²) in [6, 6.07) is 0. The van der Waals surface area contributed by atoms with E-state index in [4.69, 9.17) is 15.8 Å². The van der Waals surface area contributed by atoms with Crippen molar-refractivity contribution in [2.75, 3.05) is 19.1 Å². The minimum Gasteiger partial charge on any atom is -0.270 e. The third kappa shape index (κ3) is 5.51. The number of aromatic nitrogens is 2. The van der Waals surface area contributed by atoms with Gasteiger partial charge in [-0.25, -0.2) is 18.7 Å². The van der Waals surface area contributed by atoms with Gasteiger partial charge in [0.25, 0.3) is 10.1 Å². The molecule has 0 atom stereocenters. The fourth-order valence-corrected chi connectivity index (χ4v) is 3.59. The maximum absolute atomic E-state index is 13.0. The smallest absolute Gasteiger partial charge is 0.264 e. The first-order valence-electron chi connectivity index (χ1n) is 6.91.